The number of aliphatic carboxylic acids is 1. The Balaban J connectivity index is 1.01. The van der Waals surface area contributed by atoms with Crippen molar-refractivity contribution >= 4 is 56.6 Å². The summed E-state index contributed by atoms with van der Waals surface area (Å²) in [7, 11) is 1.63. The molecule has 1 atom stereocenters. The fourth-order valence-electron chi connectivity index (χ4n) is 7.87. The summed E-state index contributed by atoms with van der Waals surface area (Å²) in [6.07, 6.45) is 5.37. The van der Waals surface area contributed by atoms with Crippen molar-refractivity contribution in [3.05, 3.63) is 92.7 Å². The lowest BCUT2D eigenvalue weighted by Crippen LogP contribution is -2.66. The van der Waals surface area contributed by atoms with E-state index < -0.39 is 5.97 Å². The highest BCUT2D eigenvalue weighted by atomic mass is 35.5. The summed E-state index contributed by atoms with van der Waals surface area (Å²) in [6.45, 7) is 4.36. The number of carbonyl (C=O) groups excluding carboxylic acids is 1. The Kier molecular flexibility index (Phi) is 9.65. The number of ether oxygens (including phenoxy) is 1. The molecule has 13 heteroatoms. The number of likely N-dealkylation sites (tertiary alicyclic amines) is 2. The minimum Gasteiger partial charge on any atom is -0.481 e. The van der Waals surface area contributed by atoms with Gasteiger partial charge in [0.1, 0.15) is 10.5 Å². The number of carbonyl (C=O) groups is 2. The van der Waals surface area contributed by atoms with E-state index in [1.807, 2.05) is 54.6 Å². The molecule has 3 saturated heterocycles. The van der Waals surface area contributed by atoms with Crippen molar-refractivity contribution in [2.45, 2.75) is 50.7 Å². The van der Waals surface area contributed by atoms with Gasteiger partial charge in [-0.3, -0.25) is 24.4 Å². The van der Waals surface area contributed by atoms with Crippen molar-refractivity contribution in [1.29, 1.82) is 0 Å². The number of piperidine rings is 1. The molecule has 0 bridgehead atoms. The molecule has 3 fully saturated rings. The molecule has 0 unspecified atom stereocenters. The van der Waals surface area contributed by atoms with Crippen molar-refractivity contribution in [3.63, 3.8) is 0 Å². The van der Waals surface area contributed by atoms with Gasteiger partial charge in [0.2, 0.25) is 11.8 Å². The van der Waals surface area contributed by atoms with Crippen molar-refractivity contribution in [1.82, 2.24) is 30.1 Å². The van der Waals surface area contributed by atoms with Gasteiger partial charge in [0.25, 0.3) is 0 Å². The Labute approximate surface area is 315 Å². The largest absolute Gasteiger partial charge is 0.481 e. The van der Waals surface area contributed by atoms with Gasteiger partial charge in [0, 0.05) is 67.5 Å². The number of carboxylic acids is 1. The molecule has 5 aromatic rings. The number of nitrogens with one attached hydrogen (secondary N) is 1. The molecule has 3 aliphatic rings. The molecule has 3 aromatic heterocycles. The summed E-state index contributed by atoms with van der Waals surface area (Å²) in [5.41, 5.74) is 6.55. The Morgan fingerprint density at radius 2 is 1.79 bits per heavy atom. The van der Waals surface area contributed by atoms with Gasteiger partial charge in [0.15, 0.2) is 0 Å². The van der Waals surface area contributed by atoms with E-state index in [9.17, 15) is 14.7 Å². The van der Waals surface area contributed by atoms with Crippen molar-refractivity contribution < 1.29 is 19.4 Å². The fourth-order valence-corrected chi connectivity index (χ4v) is 9.52. The lowest BCUT2D eigenvalue weighted by atomic mass is 9.88. The monoisotopic (exact) mass is 756 g/mol. The van der Waals surface area contributed by atoms with E-state index in [-0.39, 0.29) is 17.4 Å². The first-order valence-electron chi connectivity index (χ1n) is 17.5. The number of carboxylic acid groups (broad SMARTS) is 1. The lowest BCUT2D eigenvalue weighted by Gasteiger charge is -2.48. The maximum atomic E-state index is 11.8. The highest BCUT2D eigenvalue weighted by molar-refractivity contribution is 7.18. The molecule has 10 nitrogen and oxygen atoms in total. The second-order valence-electron chi connectivity index (χ2n) is 14.1. The van der Waals surface area contributed by atoms with Crippen LogP contribution in [0.25, 0.3) is 32.6 Å². The van der Waals surface area contributed by atoms with Gasteiger partial charge in [-0.05, 0) is 43.5 Å². The molecule has 2 aromatic carbocycles. The molecule has 2 N–H and O–H groups in total. The van der Waals surface area contributed by atoms with E-state index in [1.54, 1.807) is 24.6 Å². The van der Waals surface area contributed by atoms with Gasteiger partial charge in [-0.15, -0.1) is 11.3 Å². The molecule has 1 spiro atoms. The van der Waals surface area contributed by atoms with E-state index in [0.29, 0.717) is 54.1 Å². The van der Waals surface area contributed by atoms with E-state index in [1.165, 1.54) is 0 Å². The molecule has 3 aliphatic heterocycles. The second-order valence-corrected chi connectivity index (χ2v) is 16.0. The molecule has 8 rings (SSSR count). The van der Waals surface area contributed by atoms with Crippen molar-refractivity contribution in [2.75, 3.05) is 33.3 Å². The zero-order chi connectivity index (χ0) is 36.0. The summed E-state index contributed by atoms with van der Waals surface area (Å²) in [4.78, 5) is 42.4. The first-order chi connectivity index (χ1) is 25.2. The number of rotatable bonds is 10. The van der Waals surface area contributed by atoms with Crippen LogP contribution >= 0.6 is 34.5 Å². The average molecular weight is 758 g/mol. The molecular formula is C39H38Cl2N6O4S. The summed E-state index contributed by atoms with van der Waals surface area (Å²) in [5.74, 6) is -0.379. The zero-order valence-electron chi connectivity index (χ0n) is 28.7. The smallest absolute Gasteiger partial charge is 0.307 e. The predicted molar refractivity (Wildman–Crippen MR) is 203 cm³/mol. The fraction of sp³-hybridized carbons (Fsp3) is 0.359. The number of amides is 1. The summed E-state index contributed by atoms with van der Waals surface area (Å²) >= 11 is 15.9. The number of halogens is 2. The normalized spacial score (nSPS) is 18.8. The van der Waals surface area contributed by atoms with E-state index in [2.05, 4.69) is 15.1 Å². The minimum atomic E-state index is -0.729. The molecular weight excluding hydrogens is 719 g/mol. The summed E-state index contributed by atoms with van der Waals surface area (Å²) < 4.78 is 6.78. The molecule has 52 heavy (non-hydrogen) atoms. The molecule has 1 amide bonds. The van der Waals surface area contributed by atoms with Crippen LogP contribution < -0.4 is 10.1 Å². The molecule has 0 radical (unpaired) electrons. The third kappa shape index (κ3) is 6.88. The molecule has 268 valence electrons. The predicted octanol–water partition coefficient (Wildman–Crippen LogP) is 7.09. The number of thiazole rings is 1. The number of benzene rings is 2. The highest BCUT2D eigenvalue weighted by Crippen LogP contribution is 2.41. The molecule has 6 heterocycles. The Morgan fingerprint density at radius 1 is 1.00 bits per heavy atom. The second kappa shape index (κ2) is 14.4. The topological polar surface area (TPSA) is 121 Å². The zero-order valence-corrected chi connectivity index (χ0v) is 31.0. The van der Waals surface area contributed by atoms with Gasteiger partial charge in [0.05, 0.1) is 51.2 Å². The Morgan fingerprint density at radius 3 is 2.56 bits per heavy atom. The van der Waals surface area contributed by atoms with Crippen LogP contribution in [0.1, 0.15) is 47.5 Å². The maximum Gasteiger partial charge on any atom is 0.307 e. The van der Waals surface area contributed by atoms with Crippen molar-refractivity contribution in [2.24, 2.45) is 5.92 Å². The average Bonchev–Trinajstić information content (AvgIpc) is 3.73. The van der Waals surface area contributed by atoms with Crippen LogP contribution in [-0.4, -0.2) is 80.6 Å². The maximum absolute atomic E-state index is 11.8. The van der Waals surface area contributed by atoms with Crippen LogP contribution in [0.5, 0.6) is 5.88 Å². The van der Waals surface area contributed by atoms with Crippen LogP contribution in [0.15, 0.2) is 60.8 Å². The van der Waals surface area contributed by atoms with Crippen LogP contribution in [0.4, 0.5) is 0 Å². The molecule has 0 aliphatic carbocycles. The minimum absolute atomic E-state index is 0.0817. The van der Waals surface area contributed by atoms with Gasteiger partial charge < -0.3 is 15.2 Å². The molecule has 0 saturated carbocycles. The van der Waals surface area contributed by atoms with Crippen LogP contribution in [0, 0.1) is 5.92 Å². The third-order valence-corrected chi connectivity index (χ3v) is 12.3. The first kappa shape index (κ1) is 34.9. The number of fused-ring (bicyclic) bond motifs is 1. The van der Waals surface area contributed by atoms with Crippen LogP contribution in [-0.2, 0) is 29.1 Å². The van der Waals surface area contributed by atoms with Crippen LogP contribution in [0.3, 0.4) is 0 Å². The Bertz CT molecular complexity index is 2190. The van der Waals surface area contributed by atoms with Crippen molar-refractivity contribution in [3.8, 4) is 28.3 Å². The van der Waals surface area contributed by atoms with E-state index >= 15 is 0 Å². The van der Waals surface area contributed by atoms with Gasteiger partial charge >= 0.3 is 5.97 Å². The van der Waals surface area contributed by atoms with E-state index in [4.69, 9.17) is 42.9 Å². The Hall–Kier alpha value is -4.13. The third-order valence-electron chi connectivity index (χ3n) is 10.5. The number of hydrogen-bond donors (Lipinski definition) is 2. The number of methoxy groups -OCH3 is 1. The van der Waals surface area contributed by atoms with Gasteiger partial charge in [-0.25, -0.2) is 9.97 Å². The number of hydrogen-bond acceptors (Lipinski definition) is 9. The SMILES string of the molecule is COc1nc(-c2cccc(-c3cccc(Cc4nccc5sc(CN6CCC[C@H](C(=O)O)C6)nc45)c3Cl)c2Cl)ccc1CN1CC2(CCC(=O)N2)C1. The summed E-state index contributed by atoms with van der Waals surface area (Å²) in [6, 6.07) is 17.8. The number of pyridine rings is 2. The number of nitrogens with zero attached hydrogens (tertiary/aromatic N) is 5. The van der Waals surface area contributed by atoms with Crippen LogP contribution in [0.2, 0.25) is 10.0 Å². The quantitative estimate of drug-likeness (QED) is 0.154. The van der Waals surface area contributed by atoms with E-state index in [0.717, 1.165) is 87.6 Å². The first-order valence-corrected chi connectivity index (χ1v) is 19.1. The highest BCUT2D eigenvalue weighted by Gasteiger charge is 2.47. The van der Waals surface area contributed by atoms with Gasteiger partial charge in [-0.1, -0.05) is 65.7 Å². The van der Waals surface area contributed by atoms with Gasteiger partial charge in [-0.2, -0.15) is 0 Å². The standard InChI is InChI=1S/C39H38Cl2N6O4S/c1-51-37-24(18-47-21-39(22-47)14-12-32(48)45-39)10-11-29(43-37)28-9-3-8-27(35(28)41)26-7-2-5-23(34(26)40)17-30-36-31(13-15-42-30)52-33(44-36)20-46-16-4-6-25(19-46)38(49)50/h2-3,5,7-11,13,15,25H,4,6,12,14,16-22H2,1H3,(H,45,48)(H,49,50)/t25-/m0/s1. The summed E-state index contributed by atoms with van der Waals surface area (Å²) in [5, 5.41) is 14.7. The number of aromatic nitrogens is 3. The lowest BCUT2D eigenvalue weighted by molar-refractivity contribution is -0.143.